The lowest BCUT2D eigenvalue weighted by molar-refractivity contribution is -0.120. The Balaban J connectivity index is 1.57. The monoisotopic (exact) mass is 319 g/mol. The highest BCUT2D eigenvalue weighted by Crippen LogP contribution is 2.27. The fraction of sp³-hybridized carbons (Fsp3) is 0.300. The van der Waals surface area contributed by atoms with Crippen molar-refractivity contribution in [3.8, 4) is 0 Å². The second kappa shape index (κ2) is 6.11. The number of para-hydroxylation sites is 1. The van der Waals surface area contributed by atoms with Gasteiger partial charge in [-0.05, 0) is 43.0 Å². The van der Waals surface area contributed by atoms with Gasteiger partial charge < -0.3 is 9.72 Å². The van der Waals surface area contributed by atoms with Gasteiger partial charge in [0.2, 0.25) is 5.91 Å². The molecular formula is C20H21N3O. The molecule has 122 valence electrons. The van der Waals surface area contributed by atoms with Crippen molar-refractivity contribution in [2.24, 2.45) is 5.92 Å². The molecule has 24 heavy (non-hydrogen) atoms. The highest BCUT2D eigenvalue weighted by atomic mass is 16.1. The number of aryl methyl sites for hydroxylation is 2. The Hall–Kier alpha value is -2.62. The van der Waals surface area contributed by atoms with E-state index in [1.165, 1.54) is 11.3 Å². The van der Waals surface area contributed by atoms with Gasteiger partial charge in [0.15, 0.2) is 0 Å². The molecule has 4 nitrogen and oxygen atoms in total. The fourth-order valence-corrected chi connectivity index (χ4v) is 3.57. The number of pyridine rings is 1. The first kappa shape index (κ1) is 14.9. The van der Waals surface area contributed by atoms with Crippen molar-refractivity contribution in [3.05, 3.63) is 65.6 Å². The number of benzene rings is 1. The molecular weight excluding hydrogens is 298 g/mol. The van der Waals surface area contributed by atoms with Gasteiger partial charge in [0.05, 0.1) is 5.69 Å². The lowest BCUT2D eigenvalue weighted by atomic mass is 9.89. The molecule has 0 saturated carbocycles. The number of fused-ring (bicyclic) bond motifs is 3. The number of hydrogen-bond donors (Lipinski definition) is 1. The van der Waals surface area contributed by atoms with Gasteiger partial charge in [-0.15, -0.1) is 0 Å². The average Bonchev–Trinajstić information content (AvgIpc) is 3.00. The Labute approximate surface area is 141 Å². The van der Waals surface area contributed by atoms with Crippen LogP contribution >= 0.6 is 0 Å². The molecule has 0 aliphatic heterocycles. The Morgan fingerprint density at radius 2 is 2.08 bits per heavy atom. The van der Waals surface area contributed by atoms with E-state index in [1.807, 2.05) is 42.6 Å². The van der Waals surface area contributed by atoms with E-state index in [2.05, 4.69) is 27.7 Å². The Morgan fingerprint density at radius 3 is 2.96 bits per heavy atom. The van der Waals surface area contributed by atoms with Gasteiger partial charge in [0.25, 0.3) is 0 Å². The summed E-state index contributed by atoms with van der Waals surface area (Å²) in [6.07, 6.45) is 5.43. The maximum atomic E-state index is 12.8. The molecule has 1 atom stereocenters. The molecule has 1 N–H and O–H groups in total. The molecule has 2 aromatic heterocycles. The molecule has 4 heteroatoms. The summed E-state index contributed by atoms with van der Waals surface area (Å²) >= 11 is 0. The van der Waals surface area contributed by atoms with Crippen LogP contribution in [0.1, 0.15) is 30.3 Å². The summed E-state index contributed by atoms with van der Waals surface area (Å²) in [4.78, 5) is 17.5. The molecule has 2 heterocycles. The number of rotatable bonds is 3. The van der Waals surface area contributed by atoms with E-state index in [0.717, 1.165) is 42.7 Å². The molecule has 1 aliphatic carbocycles. The van der Waals surface area contributed by atoms with Gasteiger partial charge >= 0.3 is 0 Å². The van der Waals surface area contributed by atoms with E-state index in [-0.39, 0.29) is 11.8 Å². The maximum Gasteiger partial charge on any atom is 0.227 e. The number of nitrogens with one attached hydrogen (secondary N) is 1. The van der Waals surface area contributed by atoms with Crippen molar-refractivity contribution in [1.29, 1.82) is 0 Å². The van der Waals surface area contributed by atoms with Crippen LogP contribution in [0.5, 0.6) is 0 Å². The maximum absolute atomic E-state index is 12.8. The number of carbonyl (C=O) groups excluding carboxylic acids is 1. The minimum atomic E-state index is 0.00233. The molecule has 1 aliphatic rings. The van der Waals surface area contributed by atoms with Gasteiger partial charge in [0, 0.05) is 29.9 Å². The number of amides is 1. The van der Waals surface area contributed by atoms with Crippen LogP contribution in [0.2, 0.25) is 0 Å². The molecule has 1 amide bonds. The summed E-state index contributed by atoms with van der Waals surface area (Å²) in [5.74, 6) is 0.120. The summed E-state index contributed by atoms with van der Waals surface area (Å²) in [7, 11) is 0. The number of imidazole rings is 1. The molecule has 4 rings (SSSR count). The Morgan fingerprint density at radius 1 is 1.25 bits per heavy atom. The number of carbonyl (C=O) groups is 1. The van der Waals surface area contributed by atoms with Crippen LogP contribution in [0, 0.1) is 5.92 Å². The van der Waals surface area contributed by atoms with Crippen LogP contribution in [0.25, 0.3) is 5.65 Å². The van der Waals surface area contributed by atoms with E-state index < -0.39 is 0 Å². The zero-order valence-corrected chi connectivity index (χ0v) is 13.8. The van der Waals surface area contributed by atoms with E-state index in [0.29, 0.717) is 0 Å². The zero-order valence-electron chi connectivity index (χ0n) is 13.8. The van der Waals surface area contributed by atoms with E-state index in [4.69, 9.17) is 0 Å². The quantitative estimate of drug-likeness (QED) is 0.801. The SMILES string of the molecule is CCc1ccccc1NC(=O)C1CCc2nc3ccccn3c2C1. The van der Waals surface area contributed by atoms with Crippen molar-refractivity contribution >= 4 is 17.2 Å². The smallest absolute Gasteiger partial charge is 0.227 e. The molecule has 3 aromatic rings. The molecule has 0 radical (unpaired) electrons. The minimum Gasteiger partial charge on any atom is -0.326 e. The minimum absolute atomic E-state index is 0.00233. The predicted molar refractivity (Wildman–Crippen MR) is 95.2 cm³/mol. The van der Waals surface area contributed by atoms with Crippen molar-refractivity contribution in [3.63, 3.8) is 0 Å². The van der Waals surface area contributed by atoms with E-state index >= 15 is 0 Å². The summed E-state index contributed by atoms with van der Waals surface area (Å²) in [6, 6.07) is 14.1. The third kappa shape index (κ3) is 2.58. The largest absolute Gasteiger partial charge is 0.326 e. The summed E-state index contributed by atoms with van der Waals surface area (Å²) in [5, 5.41) is 3.13. The lowest BCUT2D eigenvalue weighted by Crippen LogP contribution is -2.29. The van der Waals surface area contributed by atoms with Crippen molar-refractivity contribution < 1.29 is 4.79 Å². The van der Waals surface area contributed by atoms with Crippen LogP contribution in [-0.2, 0) is 24.1 Å². The zero-order chi connectivity index (χ0) is 16.5. The first-order valence-corrected chi connectivity index (χ1v) is 8.60. The first-order valence-electron chi connectivity index (χ1n) is 8.60. The molecule has 0 saturated heterocycles. The molecule has 0 fully saturated rings. The topological polar surface area (TPSA) is 46.4 Å². The van der Waals surface area contributed by atoms with Crippen LogP contribution in [0.15, 0.2) is 48.7 Å². The normalized spacial score (nSPS) is 16.8. The van der Waals surface area contributed by atoms with Gasteiger partial charge in [-0.2, -0.15) is 0 Å². The summed E-state index contributed by atoms with van der Waals surface area (Å²) in [6.45, 7) is 2.11. The van der Waals surface area contributed by atoms with E-state index in [9.17, 15) is 4.79 Å². The van der Waals surface area contributed by atoms with Crippen LogP contribution in [0.4, 0.5) is 5.69 Å². The fourth-order valence-electron chi connectivity index (χ4n) is 3.57. The van der Waals surface area contributed by atoms with Crippen LogP contribution < -0.4 is 5.32 Å². The van der Waals surface area contributed by atoms with Gasteiger partial charge in [0.1, 0.15) is 5.65 Å². The lowest BCUT2D eigenvalue weighted by Gasteiger charge is -2.22. The van der Waals surface area contributed by atoms with Crippen molar-refractivity contribution in [2.45, 2.75) is 32.6 Å². The number of aromatic nitrogens is 2. The second-order valence-electron chi connectivity index (χ2n) is 6.37. The Kier molecular flexibility index (Phi) is 3.81. The number of hydrogen-bond acceptors (Lipinski definition) is 2. The molecule has 0 spiro atoms. The van der Waals surface area contributed by atoms with E-state index in [1.54, 1.807) is 0 Å². The third-order valence-electron chi connectivity index (χ3n) is 4.91. The standard InChI is InChI=1S/C20H21N3O/c1-2-14-7-3-4-8-16(14)22-20(24)15-10-11-17-18(13-15)23-12-6-5-9-19(23)21-17/h3-9,12,15H,2,10-11,13H2,1H3,(H,22,24). The highest BCUT2D eigenvalue weighted by molar-refractivity contribution is 5.93. The number of nitrogens with zero attached hydrogens (tertiary/aromatic N) is 2. The highest BCUT2D eigenvalue weighted by Gasteiger charge is 2.28. The average molecular weight is 319 g/mol. The van der Waals surface area contributed by atoms with Crippen LogP contribution in [0.3, 0.4) is 0 Å². The van der Waals surface area contributed by atoms with Gasteiger partial charge in [-0.25, -0.2) is 4.98 Å². The summed E-state index contributed by atoms with van der Waals surface area (Å²) in [5.41, 5.74) is 5.41. The Bertz CT molecular complexity index is 897. The molecule has 1 unspecified atom stereocenters. The second-order valence-corrected chi connectivity index (χ2v) is 6.37. The number of anilines is 1. The summed E-state index contributed by atoms with van der Waals surface area (Å²) < 4.78 is 2.12. The van der Waals surface area contributed by atoms with Crippen molar-refractivity contribution in [1.82, 2.24) is 9.38 Å². The molecule has 0 bridgehead atoms. The van der Waals surface area contributed by atoms with Gasteiger partial charge in [-0.1, -0.05) is 31.2 Å². The van der Waals surface area contributed by atoms with Crippen molar-refractivity contribution in [2.75, 3.05) is 5.32 Å². The molecule has 1 aromatic carbocycles. The van der Waals surface area contributed by atoms with Gasteiger partial charge in [-0.3, -0.25) is 4.79 Å². The third-order valence-corrected chi connectivity index (χ3v) is 4.91. The first-order chi connectivity index (χ1) is 11.8. The predicted octanol–water partition coefficient (Wildman–Crippen LogP) is 3.64. The van der Waals surface area contributed by atoms with Crippen LogP contribution in [-0.4, -0.2) is 15.3 Å².